The Bertz CT molecular complexity index is 388. The summed E-state index contributed by atoms with van der Waals surface area (Å²) < 4.78 is 5.78. The summed E-state index contributed by atoms with van der Waals surface area (Å²) >= 11 is 0. The first kappa shape index (κ1) is 19.5. The average Bonchev–Trinajstić information content (AvgIpc) is 2.62. The van der Waals surface area contributed by atoms with Gasteiger partial charge in [0.2, 0.25) is 0 Å². The van der Waals surface area contributed by atoms with Crippen molar-refractivity contribution in [2.75, 3.05) is 0 Å². The fourth-order valence-electron chi connectivity index (χ4n) is 4.42. The van der Waals surface area contributed by atoms with Gasteiger partial charge in [0.1, 0.15) is 11.9 Å². The van der Waals surface area contributed by atoms with Crippen molar-refractivity contribution in [3.8, 4) is 0 Å². The minimum Gasteiger partial charge on any atom is -0.462 e. The number of hydrogen-bond acceptors (Lipinski definition) is 3. The van der Waals surface area contributed by atoms with Crippen LogP contribution >= 0.6 is 0 Å². The predicted octanol–water partition coefficient (Wildman–Crippen LogP) is 5.45. The van der Waals surface area contributed by atoms with Crippen molar-refractivity contribution in [2.45, 2.75) is 103 Å². The molecule has 0 aromatic carbocycles. The predicted molar refractivity (Wildman–Crippen MR) is 96.7 cm³/mol. The van der Waals surface area contributed by atoms with Crippen LogP contribution < -0.4 is 0 Å². The van der Waals surface area contributed by atoms with Crippen molar-refractivity contribution in [1.82, 2.24) is 0 Å². The summed E-state index contributed by atoms with van der Waals surface area (Å²) in [7, 11) is 0. The Kier molecular flexibility index (Phi) is 8.28. The number of Topliss-reactive ketones (excluding diaryl/α,β-unsaturated/α-hetero) is 1. The first-order chi connectivity index (χ1) is 11.6. The van der Waals surface area contributed by atoms with E-state index in [0.29, 0.717) is 12.2 Å². The van der Waals surface area contributed by atoms with Crippen LogP contribution in [-0.2, 0) is 14.3 Å². The monoisotopic (exact) mass is 336 g/mol. The molecule has 0 bridgehead atoms. The summed E-state index contributed by atoms with van der Waals surface area (Å²) in [5.74, 6) is 1.58. The lowest BCUT2D eigenvalue weighted by Gasteiger charge is -2.31. The number of esters is 1. The molecule has 0 atom stereocenters. The van der Waals surface area contributed by atoms with Crippen LogP contribution in [-0.4, -0.2) is 17.9 Å². The Labute approximate surface area is 147 Å². The lowest BCUT2D eigenvalue weighted by molar-refractivity contribution is -0.157. The third-order valence-corrected chi connectivity index (χ3v) is 6.16. The molecule has 0 N–H and O–H groups in total. The average molecular weight is 337 g/mol. The largest absolute Gasteiger partial charge is 0.462 e. The third-order valence-electron chi connectivity index (χ3n) is 6.16. The number of carbonyl (C=O) groups is 2. The summed E-state index contributed by atoms with van der Waals surface area (Å²) in [6.45, 7) is 4.19. The highest BCUT2D eigenvalue weighted by molar-refractivity contribution is 5.80. The van der Waals surface area contributed by atoms with Crippen LogP contribution in [0, 0.1) is 17.8 Å². The van der Waals surface area contributed by atoms with Crippen molar-refractivity contribution < 1.29 is 14.3 Å². The highest BCUT2D eigenvalue weighted by atomic mass is 16.5. The Morgan fingerprint density at radius 2 is 1.46 bits per heavy atom. The first-order valence-electron chi connectivity index (χ1n) is 10.4. The Morgan fingerprint density at radius 3 is 2.04 bits per heavy atom. The maximum Gasteiger partial charge on any atom is 0.309 e. The van der Waals surface area contributed by atoms with E-state index in [0.717, 1.165) is 44.4 Å². The number of hydrogen-bond donors (Lipinski definition) is 0. The summed E-state index contributed by atoms with van der Waals surface area (Å²) in [6.07, 6.45) is 13.9. The van der Waals surface area contributed by atoms with Gasteiger partial charge in [0, 0.05) is 12.3 Å². The maximum atomic E-state index is 12.4. The van der Waals surface area contributed by atoms with Crippen LogP contribution in [0.15, 0.2) is 0 Å². The van der Waals surface area contributed by atoms with Crippen molar-refractivity contribution in [1.29, 1.82) is 0 Å². The highest BCUT2D eigenvalue weighted by Gasteiger charge is 2.31. The molecule has 0 unspecified atom stereocenters. The second-order valence-electron chi connectivity index (χ2n) is 7.94. The van der Waals surface area contributed by atoms with Gasteiger partial charge in [-0.25, -0.2) is 0 Å². The SMILES string of the molecule is CCCCCC1CCC(C(=O)OC2CCC(C(=O)CC)CC2)CC1. The molecule has 0 aromatic heterocycles. The minimum atomic E-state index is 0.0345. The molecule has 138 valence electrons. The zero-order chi connectivity index (χ0) is 17.4. The van der Waals surface area contributed by atoms with Gasteiger partial charge in [-0.2, -0.15) is 0 Å². The van der Waals surface area contributed by atoms with Crippen molar-refractivity contribution >= 4 is 11.8 Å². The van der Waals surface area contributed by atoms with Crippen LogP contribution in [0.4, 0.5) is 0 Å². The molecule has 3 nitrogen and oxygen atoms in total. The zero-order valence-electron chi connectivity index (χ0n) is 15.7. The molecule has 0 saturated heterocycles. The third kappa shape index (κ3) is 5.89. The highest BCUT2D eigenvalue weighted by Crippen LogP contribution is 2.34. The number of carbonyl (C=O) groups excluding carboxylic acids is 2. The Hall–Kier alpha value is -0.860. The fourth-order valence-corrected chi connectivity index (χ4v) is 4.42. The van der Waals surface area contributed by atoms with E-state index >= 15 is 0 Å². The van der Waals surface area contributed by atoms with Gasteiger partial charge < -0.3 is 4.74 Å². The maximum absolute atomic E-state index is 12.4. The van der Waals surface area contributed by atoms with Crippen molar-refractivity contribution in [3.05, 3.63) is 0 Å². The summed E-state index contributed by atoms with van der Waals surface area (Å²) in [5, 5.41) is 0. The molecular formula is C21H36O3. The molecule has 0 radical (unpaired) electrons. The van der Waals surface area contributed by atoms with Crippen LogP contribution in [0.5, 0.6) is 0 Å². The van der Waals surface area contributed by atoms with E-state index in [-0.39, 0.29) is 23.9 Å². The fraction of sp³-hybridized carbons (Fsp3) is 0.905. The molecule has 0 spiro atoms. The summed E-state index contributed by atoms with van der Waals surface area (Å²) in [6, 6.07) is 0. The van der Waals surface area contributed by atoms with Gasteiger partial charge in [-0.05, 0) is 57.3 Å². The molecule has 3 heteroatoms. The molecular weight excluding hydrogens is 300 g/mol. The first-order valence-corrected chi connectivity index (χ1v) is 10.4. The molecule has 2 fully saturated rings. The summed E-state index contributed by atoms with van der Waals surface area (Å²) in [5.41, 5.74) is 0. The molecule has 2 aliphatic carbocycles. The number of unbranched alkanes of at least 4 members (excludes halogenated alkanes) is 2. The number of ether oxygens (including phenoxy) is 1. The van der Waals surface area contributed by atoms with Gasteiger partial charge in [-0.1, -0.05) is 39.5 Å². The Morgan fingerprint density at radius 1 is 0.833 bits per heavy atom. The van der Waals surface area contributed by atoms with Crippen molar-refractivity contribution in [3.63, 3.8) is 0 Å². The van der Waals surface area contributed by atoms with Gasteiger partial charge in [0.05, 0.1) is 5.92 Å². The van der Waals surface area contributed by atoms with E-state index in [1.807, 2.05) is 6.92 Å². The lowest BCUT2D eigenvalue weighted by atomic mass is 9.79. The second-order valence-corrected chi connectivity index (χ2v) is 7.94. The van der Waals surface area contributed by atoms with Gasteiger partial charge in [-0.15, -0.1) is 0 Å². The standard InChI is InChI=1S/C21H36O3/c1-3-5-6-7-16-8-10-18(11-9-16)21(23)24-19-14-12-17(13-15-19)20(22)4-2/h16-19H,3-15H2,1-2H3. The zero-order valence-corrected chi connectivity index (χ0v) is 15.7. The molecule has 2 saturated carbocycles. The molecule has 0 aliphatic heterocycles. The quantitative estimate of drug-likeness (QED) is 0.437. The smallest absolute Gasteiger partial charge is 0.309 e. The second kappa shape index (κ2) is 10.2. The lowest BCUT2D eigenvalue weighted by Crippen LogP contribution is -2.31. The van der Waals surface area contributed by atoms with Gasteiger partial charge in [-0.3, -0.25) is 9.59 Å². The van der Waals surface area contributed by atoms with Crippen LogP contribution in [0.2, 0.25) is 0 Å². The molecule has 0 aromatic rings. The molecule has 0 amide bonds. The van der Waals surface area contributed by atoms with E-state index in [1.165, 1.54) is 38.5 Å². The van der Waals surface area contributed by atoms with E-state index in [9.17, 15) is 9.59 Å². The van der Waals surface area contributed by atoms with Gasteiger partial charge in [0.25, 0.3) is 0 Å². The Balaban J connectivity index is 1.64. The summed E-state index contributed by atoms with van der Waals surface area (Å²) in [4.78, 5) is 24.2. The van der Waals surface area contributed by atoms with Crippen LogP contribution in [0.3, 0.4) is 0 Å². The molecule has 2 rings (SSSR count). The van der Waals surface area contributed by atoms with E-state index in [2.05, 4.69) is 6.92 Å². The number of ketones is 1. The number of rotatable bonds is 8. The topological polar surface area (TPSA) is 43.4 Å². The van der Waals surface area contributed by atoms with E-state index in [4.69, 9.17) is 4.74 Å². The van der Waals surface area contributed by atoms with Crippen LogP contribution in [0.25, 0.3) is 0 Å². The van der Waals surface area contributed by atoms with E-state index in [1.54, 1.807) is 0 Å². The van der Waals surface area contributed by atoms with Crippen LogP contribution in [0.1, 0.15) is 97.3 Å². The normalized spacial score (nSPS) is 30.8. The van der Waals surface area contributed by atoms with Gasteiger partial charge >= 0.3 is 5.97 Å². The molecule has 24 heavy (non-hydrogen) atoms. The molecule has 2 aliphatic rings. The minimum absolute atomic E-state index is 0.0345. The van der Waals surface area contributed by atoms with E-state index < -0.39 is 0 Å². The van der Waals surface area contributed by atoms with Gasteiger partial charge in [0.15, 0.2) is 0 Å². The molecule has 0 heterocycles. The van der Waals surface area contributed by atoms with Crippen molar-refractivity contribution in [2.24, 2.45) is 17.8 Å².